The zero-order valence-corrected chi connectivity index (χ0v) is 12.9. The van der Waals surface area contributed by atoms with Crippen molar-refractivity contribution in [3.8, 4) is 0 Å². The minimum absolute atomic E-state index is 0.157. The Kier molecular flexibility index (Phi) is 5.84. The highest BCUT2D eigenvalue weighted by Gasteiger charge is 2.05. The highest BCUT2D eigenvalue weighted by atomic mass is 16.5. The van der Waals surface area contributed by atoms with Crippen LogP contribution in [0.2, 0.25) is 0 Å². The molecule has 0 atom stereocenters. The molecule has 8 nitrogen and oxygen atoms in total. The summed E-state index contributed by atoms with van der Waals surface area (Å²) in [6.07, 6.45) is 5.86. The summed E-state index contributed by atoms with van der Waals surface area (Å²) in [7, 11) is 1.31. The summed E-state index contributed by atoms with van der Waals surface area (Å²) in [5.74, 6) is -1.19. The number of aromatic nitrogens is 2. The van der Waals surface area contributed by atoms with E-state index in [9.17, 15) is 14.4 Å². The maximum absolute atomic E-state index is 11.7. The summed E-state index contributed by atoms with van der Waals surface area (Å²) in [5, 5.41) is 11.3. The molecule has 0 aliphatic heterocycles. The Labute approximate surface area is 137 Å². The van der Waals surface area contributed by atoms with E-state index in [-0.39, 0.29) is 12.5 Å². The van der Waals surface area contributed by atoms with Gasteiger partial charge >= 0.3 is 5.97 Å². The van der Waals surface area contributed by atoms with Crippen molar-refractivity contribution in [3.05, 3.63) is 53.9 Å². The summed E-state index contributed by atoms with van der Waals surface area (Å²) in [5.41, 5.74) is 1.69. The Hall–Kier alpha value is -3.42. The fourth-order valence-corrected chi connectivity index (χ4v) is 1.77. The number of hydrogen-bond donors (Lipinski definition) is 3. The number of hydrogen-bond acceptors (Lipinski definition) is 5. The first kappa shape index (κ1) is 16.9. The normalized spacial score (nSPS) is 10.4. The molecule has 24 heavy (non-hydrogen) atoms. The SMILES string of the molecule is COC(=O)c1ccc(C=CC(=O)NCC(=O)Nc2cn[nH]c2)cc1. The smallest absolute Gasteiger partial charge is 0.337 e. The zero-order chi connectivity index (χ0) is 17.4. The van der Waals surface area contributed by atoms with E-state index in [4.69, 9.17) is 0 Å². The van der Waals surface area contributed by atoms with E-state index in [1.807, 2.05) is 0 Å². The average Bonchev–Trinajstić information content (AvgIpc) is 3.10. The minimum atomic E-state index is -0.424. The first-order valence-corrected chi connectivity index (χ1v) is 7.01. The number of carbonyl (C=O) groups excluding carboxylic acids is 3. The quantitative estimate of drug-likeness (QED) is 0.540. The lowest BCUT2D eigenvalue weighted by atomic mass is 10.1. The largest absolute Gasteiger partial charge is 0.465 e. The number of ether oxygens (including phenoxy) is 1. The molecule has 2 rings (SSSR count). The maximum Gasteiger partial charge on any atom is 0.337 e. The Morgan fingerprint density at radius 2 is 2.00 bits per heavy atom. The van der Waals surface area contributed by atoms with Gasteiger partial charge in [0.1, 0.15) is 0 Å². The number of nitrogens with one attached hydrogen (secondary N) is 3. The predicted molar refractivity (Wildman–Crippen MR) is 87.0 cm³/mol. The van der Waals surface area contributed by atoms with Gasteiger partial charge in [-0.1, -0.05) is 12.1 Å². The maximum atomic E-state index is 11.7. The predicted octanol–water partition coefficient (Wildman–Crippen LogP) is 0.964. The minimum Gasteiger partial charge on any atom is -0.465 e. The van der Waals surface area contributed by atoms with E-state index < -0.39 is 11.9 Å². The van der Waals surface area contributed by atoms with Crippen LogP contribution in [0.4, 0.5) is 5.69 Å². The fraction of sp³-hybridized carbons (Fsp3) is 0.125. The molecule has 0 bridgehead atoms. The molecule has 2 amide bonds. The van der Waals surface area contributed by atoms with Gasteiger partial charge in [0.25, 0.3) is 0 Å². The summed E-state index contributed by atoms with van der Waals surface area (Å²) >= 11 is 0. The van der Waals surface area contributed by atoms with Crippen LogP contribution in [0, 0.1) is 0 Å². The van der Waals surface area contributed by atoms with E-state index in [0.717, 1.165) is 5.56 Å². The third-order valence-electron chi connectivity index (χ3n) is 2.96. The molecule has 0 spiro atoms. The Morgan fingerprint density at radius 3 is 2.62 bits per heavy atom. The van der Waals surface area contributed by atoms with E-state index >= 15 is 0 Å². The van der Waals surface area contributed by atoms with Crippen LogP contribution in [0.3, 0.4) is 0 Å². The van der Waals surface area contributed by atoms with Crippen molar-refractivity contribution in [3.63, 3.8) is 0 Å². The Balaban J connectivity index is 1.80. The Bertz CT molecular complexity index is 736. The molecule has 0 fully saturated rings. The van der Waals surface area contributed by atoms with Crippen molar-refractivity contribution in [2.75, 3.05) is 19.0 Å². The number of amides is 2. The van der Waals surface area contributed by atoms with Crippen molar-refractivity contribution in [1.29, 1.82) is 0 Å². The zero-order valence-electron chi connectivity index (χ0n) is 12.9. The first-order valence-electron chi connectivity index (χ1n) is 7.01. The van der Waals surface area contributed by atoms with Gasteiger partial charge in [0, 0.05) is 12.3 Å². The standard InChI is InChI=1S/C16H16N4O4/c1-24-16(23)12-5-2-11(3-6-12)4-7-14(21)17-10-15(22)20-13-8-18-19-9-13/h2-9H,10H2,1H3,(H,17,21)(H,18,19)(H,20,22). The molecule has 0 aliphatic carbocycles. The van der Waals surface area contributed by atoms with Crippen molar-refractivity contribution in [2.24, 2.45) is 0 Å². The first-order chi connectivity index (χ1) is 11.6. The van der Waals surface area contributed by atoms with Crippen molar-refractivity contribution in [1.82, 2.24) is 15.5 Å². The van der Waals surface area contributed by atoms with Crippen LogP contribution >= 0.6 is 0 Å². The number of esters is 1. The monoisotopic (exact) mass is 328 g/mol. The number of anilines is 1. The van der Waals surface area contributed by atoms with Gasteiger partial charge in [-0.3, -0.25) is 14.7 Å². The lowest BCUT2D eigenvalue weighted by Gasteiger charge is -2.03. The molecule has 3 N–H and O–H groups in total. The summed E-state index contributed by atoms with van der Waals surface area (Å²) < 4.78 is 4.60. The van der Waals surface area contributed by atoms with Gasteiger partial charge in [0.2, 0.25) is 11.8 Å². The van der Waals surface area contributed by atoms with Crippen LogP contribution < -0.4 is 10.6 Å². The van der Waals surface area contributed by atoms with Crippen molar-refractivity contribution >= 4 is 29.5 Å². The molecular weight excluding hydrogens is 312 g/mol. The van der Waals surface area contributed by atoms with Gasteiger partial charge in [-0.05, 0) is 23.8 Å². The van der Waals surface area contributed by atoms with Crippen LogP contribution in [0.5, 0.6) is 0 Å². The molecule has 0 unspecified atom stereocenters. The third kappa shape index (κ3) is 5.09. The molecule has 1 heterocycles. The lowest BCUT2D eigenvalue weighted by molar-refractivity contribution is -0.121. The molecule has 0 saturated heterocycles. The summed E-state index contributed by atoms with van der Waals surface area (Å²) in [4.78, 5) is 34.6. The van der Waals surface area contributed by atoms with Gasteiger partial charge in [-0.25, -0.2) is 4.79 Å². The van der Waals surface area contributed by atoms with E-state index in [2.05, 4.69) is 25.6 Å². The topological polar surface area (TPSA) is 113 Å². The molecule has 0 saturated carbocycles. The number of benzene rings is 1. The second-order valence-corrected chi connectivity index (χ2v) is 4.70. The summed E-state index contributed by atoms with van der Waals surface area (Å²) in [6.45, 7) is -0.157. The number of rotatable bonds is 6. The molecule has 0 aliphatic rings. The number of nitrogens with zero attached hydrogens (tertiary/aromatic N) is 1. The second-order valence-electron chi connectivity index (χ2n) is 4.70. The van der Waals surface area contributed by atoms with Crippen LogP contribution in [0.1, 0.15) is 15.9 Å². The number of carbonyl (C=O) groups is 3. The molecular formula is C16H16N4O4. The number of methoxy groups -OCH3 is 1. The van der Waals surface area contributed by atoms with Gasteiger partial charge in [0.15, 0.2) is 0 Å². The van der Waals surface area contributed by atoms with E-state index in [0.29, 0.717) is 11.3 Å². The highest BCUT2D eigenvalue weighted by Crippen LogP contribution is 2.07. The van der Waals surface area contributed by atoms with Crippen molar-refractivity contribution in [2.45, 2.75) is 0 Å². The van der Waals surface area contributed by atoms with Gasteiger partial charge in [0.05, 0.1) is 31.1 Å². The van der Waals surface area contributed by atoms with Crippen LogP contribution in [-0.4, -0.2) is 41.6 Å². The van der Waals surface area contributed by atoms with Crippen LogP contribution in [0.15, 0.2) is 42.7 Å². The van der Waals surface area contributed by atoms with Gasteiger partial charge in [-0.15, -0.1) is 0 Å². The highest BCUT2D eigenvalue weighted by molar-refractivity contribution is 5.98. The van der Waals surface area contributed by atoms with Crippen LogP contribution in [0.25, 0.3) is 6.08 Å². The van der Waals surface area contributed by atoms with Gasteiger partial charge < -0.3 is 15.4 Å². The Morgan fingerprint density at radius 1 is 1.25 bits per heavy atom. The lowest BCUT2D eigenvalue weighted by Crippen LogP contribution is -2.31. The molecule has 8 heteroatoms. The summed E-state index contributed by atoms with van der Waals surface area (Å²) in [6, 6.07) is 6.56. The molecule has 2 aromatic rings. The van der Waals surface area contributed by atoms with Crippen molar-refractivity contribution < 1.29 is 19.1 Å². The van der Waals surface area contributed by atoms with Gasteiger partial charge in [-0.2, -0.15) is 5.10 Å². The number of aromatic amines is 1. The number of H-pyrrole nitrogens is 1. The second kappa shape index (κ2) is 8.28. The molecule has 1 aromatic heterocycles. The third-order valence-corrected chi connectivity index (χ3v) is 2.96. The molecule has 0 radical (unpaired) electrons. The van der Waals surface area contributed by atoms with E-state index in [1.54, 1.807) is 30.3 Å². The average molecular weight is 328 g/mol. The molecule has 1 aromatic carbocycles. The van der Waals surface area contributed by atoms with E-state index in [1.165, 1.54) is 25.6 Å². The van der Waals surface area contributed by atoms with Crippen LogP contribution in [-0.2, 0) is 14.3 Å². The fourth-order valence-electron chi connectivity index (χ4n) is 1.77. The molecule has 124 valence electrons.